The van der Waals surface area contributed by atoms with Gasteiger partial charge in [-0.3, -0.25) is 9.69 Å². The summed E-state index contributed by atoms with van der Waals surface area (Å²) in [5.41, 5.74) is 2.27. The summed E-state index contributed by atoms with van der Waals surface area (Å²) >= 11 is 1.83. The number of nitrogens with zero attached hydrogens (tertiary/aromatic N) is 2. The van der Waals surface area contributed by atoms with E-state index in [2.05, 4.69) is 29.2 Å². The van der Waals surface area contributed by atoms with Crippen LogP contribution in [0.3, 0.4) is 0 Å². The van der Waals surface area contributed by atoms with Crippen molar-refractivity contribution in [1.82, 2.24) is 4.90 Å². The third-order valence-electron chi connectivity index (χ3n) is 5.68. The molecule has 5 nitrogen and oxygen atoms in total. The maximum Gasteiger partial charge on any atom is 0.241 e. The fourth-order valence-corrected chi connectivity index (χ4v) is 5.34. The zero-order valence-corrected chi connectivity index (χ0v) is 16.6. The molecule has 0 unspecified atom stereocenters. The van der Waals surface area contributed by atoms with Crippen LogP contribution in [0.15, 0.2) is 47.4 Å². The summed E-state index contributed by atoms with van der Waals surface area (Å²) in [5.74, 6) is 2.79. The minimum Gasteiger partial charge on any atom is -0.486 e. The van der Waals surface area contributed by atoms with Crippen LogP contribution in [0, 0.1) is 0 Å². The Labute approximate surface area is 169 Å². The van der Waals surface area contributed by atoms with Gasteiger partial charge in [-0.25, -0.2) is 0 Å². The maximum atomic E-state index is 13.2. The number of benzene rings is 2. The average molecular weight is 397 g/mol. The van der Waals surface area contributed by atoms with Crippen molar-refractivity contribution >= 4 is 23.4 Å². The number of carbonyl (C=O) groups excluding carboxylic acids is 1. The lowest BCUT2D eigenvalue weighted by Crippen LogP contribution is -2.42. The minimum absolute atomic E-state index is 0.192. The highest BCUT2D eigenvalue weighted by Crippen LogP contribution is 2.39. The molecule has 0 spiro atoms. The van der Waals surface area contributed by atoms with Gasteiger partial charge in [0.25, 0.3) is 0 Å². The Bertz CT molecular complexity index is 888. The predicted octanol–water partition coefficient (Wildman–Crippen LogP) is 3.73. The zero-order valence-electron chi connectivity index (χ0n) is 15.8. The largest absolute Gasteiger partial charge is 0.486 e. The van der Waals surface area contributed by atoms with Crippen molar-refractivity contribution in [3.05, 3.63) is 48.0 Å². The summed E-state index contributed by atoms with van der Waals surface area (Å²) in [6.07, 6.45) is 2.18. The summed E-state index contributed by atoms with van der Waals surface area (Å²) in [4.78, 5) is 18.6. The molecule has 1 amide bonds. The summed E-state index contributed by atoms with van der Waals surface area (Å²) < 4.78 is 11.4. The molecule has 3 heterocycles. The van der Waals surface area contributed by atoms with Crippen molar-refractivity contribution < 1.29 is 14.3 Å². The van der Waals surface area contributed by atoms with Crippen LogP contribution in [-0.4, -0.2) is 49.4 Å². The first-order valence-corrected chi connectivity index (χ1v) is 10.9. The van der Waals surface area contributed by atoms with Gasteiger partial charge in [0.05, 0.1) is 12.2 Å². The number of anilines is 1. The monoisotopic (exact) mass is 396 g/mol. The number of thioether (sulfide) groups is 1. The van der Waals surface area contributed by atoms with Crippen LogP contribution in [0.4, 0.5) is 5.69 Å². The summed E-state index contributed by atoms with van der Waals surface area (Å²) in [6.45, 7) is 3.39. The maximum absolute atomic E-state index is 13.2. The van der Waals surface area contributed by atoms with Gasteiger partial charge in [-0.05, 0) is 49.2 Å². The number of ether oxygens (including phenoxy) is 2. The van der Waals surface area contributed by atoms with E-state index in [1.165, 1.54) is 10.5 Å². The molecule has 0 aliphatic carbocycles. The lowest BCUT2D eigenvalue weighted by atomic mass is 10.0. The Morgan fingerprint density at radius 3 is 2.86 bits per heavy atom. The SMILES string of the molecule is O=C(CN1CCC[C@@H]1c1ccc2c(c1)OCCO2)N1CCSc2ccccc21. The number of fused-ring (bicyclic) bond motifs is 2. The van der Waals surface area contributed by atoms with E-state index in [-0.39, 0.29) is 11.9 Å². The van der Waals surface area contributed by atoms with Gasteiger partial charge in [0.2, 0.25) is 5.91 Å². The van der Waals surface area contributed by atoms with E-state index in [1.54, 1.807) is 0 Å². The molecule has 28 heavy (non-hydrogen) atoms. The van der Waals surface area contributed by atoms with E-state index < -0.39 is 0 Å². The number of para-hydroxylation sites is 1. The molecule has 2 aromatic carbocycles. The van der Waals surface area contributed by atoms with Crippen LogP contribution < -0.4 is 14.4 Å². The molecule has 6 heteroatoms. The standard InChI is InChI=1S/C22H24N2O3S/c25-22(24-10-13-28-21-6-2-1-4-18(21)24)15-23-9-3-5-17(23)16-7-8-19-20(14-16)27-12-11-26-19/h1-2,4,6-8,14,17H,3,5,9-13,15H2/t17-/m1/s1. The number of carbonyl (C=O) groups is 1. The van der Waals surface area contributed by atoms with Crippen LogP contribution in [-0.2, 0) is 4.79 Å². The van der Waals surface area contributed by atoms with Gasteiger partial charge in [0.1, 0.15) is 13.2 Å². The highest BCUT2D eigenvalue weighted by Gasteiger charge is 2.31. The first-order valence-electron chi connectivity index (χ1n) is 9.95. The first kappa shape index (κ1) is 17.9. The van der Waals surface area contributed by atoms with Crippen LogP contribution in [0.2, 0.25) is 0 Å². The quantitative estimate of drug-likeness (QED) is 0.791. The Kier molecular flexibility index (Phi) is 4.91. The fraction of sp³-hybridized carbons (Fsp3) is 0.409. The highest BCUT2D eigenvalue weighted by molar-refractivity contribution is 7.99. The molecule has 146 valence electrons. The summed E-state index contributed by atoms with van der Waals surface area (Å²) in [5, 5.41) is 0. The second kappa shape index (κ2) is 7.68. The van der Waals surface area contributed by atoms with Gasteiger partial charge < -0.3 is 14.4 Å². The van der Waals surface area contributed by atoms with Gasteiger partial charge in [-0.1, -0.05) is 18.2 Å². The lowest BCUT2D eigenvalue weighted by Gasteiger charge is -2.32. The zero-order chi connectivity index (χ0) is 18.9. The van der Waals surface area contributed by atoms with E-state index in [1.807, 2.05) is 34.9 Å². The molecule has 0 N–H and O–H groups in total. The minimum atomic E-state index is 0.192. The molecule has 3 aliphatic rings. The lowest BCUT2D eigenvalue weighted by molar-refractivity contribution is -0.120. The van der Waals surface area contributed by atoms with Gasteiger partial charge in [-0.2, -0.15) is 0 Å². The molecular formula is C22H24N2O3S. The summed E-state index contributed by atoms with van der Waals surface area (Å²) in [6, 6.07) is 14.7. The molecular weight excluding hydrogens is 372 g/mol. The van der Waals surface area contributed by atoms with Gasteiger partial charge in [0.15, 0.2) is 11.5 Å². The van der Waals surface area contributed by atoms with Crippen LogP contribution >= 0.6 is 11.8 Å². The number of hydrogen-bond donors (Lipinski definition) is 0. The molecule has 0 saturated carbocycles. The number of hydrogen-bond acceptors (Lipinski definition) is 5. The van der Waals surface area contributed by atoms with Crippen molar-refractivity contribution in [1.29, 1.82) is 0 Å². The van der Waals surface area contributed by atoms with Crippen molar-refractivity contribution in [2.24, 2.45) is 0 Å². The molecule has 1 saturated heterocycles. The van der Waals surface area contributed by atoms with Crippen molar-refractivity contribution in [2.75, 3.05) is 43.5 Å². The first-order chi connectivity index (χ1) is 13.8. The Hall–Kier alpha value is -2.18. The fourth-order valence-electron chi connectivity index (χ4n) is 4.35. The Morgan fingerprint density at radius 2 is 1.93 bits per heavy atom. The molecule has 5 rings (SSSR count). The Balaban J connectivity index is 1.33. The molecule has 0 aromatic heterocycles. The number of likely N-dealkylation sites (tertiary alicyclic amines) is 1. The van der Waals surface area contributed by atoms with Gasteiger partial charge in [-0.15, -0.1) is 11.8 Å². The van der Waals surface area contributed by atoms with Crippen LogP contribution in [0.1, 0.15) is 24.4 Å². The second-order valence-electron chi connectivity index (χ2n) is 7.39. The topological polar surface area (TPSA) is 42.0 Å². The highest BCUT2D eigenvalue weighted by atomic mass is 32.2. The van der Waals surface area contributed by atoms with Gasteiger partial charge >= 0.3 is 0 Å². The smallest absolute Gasteiger partial charge is 0.241 e. The van der Waals surface area contributed by atoms with Crippen LogP contribution in [0.5, 0.6) is 11.5 Å². The van der Waals surface area contributed by atoms with Crippen molar-refractivity contribution in [3.8, 4) is 11.5 Å². The van der Waals surface area contributed by atoms with Crippen molar-refractivity contribution in [2.45, 2.75) is 23.8 Å². The number of rotatable bonds is 3. The molecule has 0 radical (unpaired) electrons. The molecule has 3 aliphatic heterocycles. The third-order valence-corrected chi connectivity index (χ3v) is 6.73. The van der Waals surface area contributed by atoms with Gasteiger partial charge in [0, 0.05) is 23.2 Å². The predicted molar refractivity (Wildman–Crippen MR) is 110 cm³/mol. The van der Waals surface area contributed by atoms with E-state index in [0.29, 0.717) is 19.8 Å². The average Bonchev–Trinajstić information content (AvgIpc) is 3.21. The Morgan fingerprint density at radius 1 is 1.07 bits per heavy atom. The van der Waals surface area contributed by atoms with E-state index in [4.69, 9.17) is 9.47 Å². The molecule has 1 fully saturated rings. The number of amides is 1. The molecule has 1 atom stereocenters. The second-order valence-corrected chi connectivity index (χ2v) is 8.53. The third kappa shape index (κ3) is 3.35. The van der Waals surface area contributed by atoms with Crippen molar-refractivity contribution in [3.63, 3.8) is 0 Å². The normalized spacial score (nSPS) is 21.4. The molecule has 2 aromatic rings. The van der Waals surface area contributed by atoms with Crippen LogP contribution in [0.25, 0.3) is 0 Å². The van der Waals surface area contributed by atoms with E-state index >= 15 is 0 Å². The molecule has 0 bridgehead atoms. The van der Waals surface area contributed by atoms with E-state index in [9.17, 15) is 4.79 Å². The van der Waals surface area contributed by atoms with E-state index in [0.717, 1.165) is 48.9 Å². The summed E-state index contributed by atoms with van der Waals surface area (Å²) in [7, 11) is 0.